The van der Waals surface area contributed by atoms with Crippen LogP contribution in [0.15, 0.2) is 12.4 Å². The molecule has 0 bridgehead atoms. The summed E-state index contributed by atoms with van der Waals surface area (Å²) in [5, 5.41) is 16.0. The molecule has 2 heterocycles. The van der Waals surface area contributed by atoms with E-state index in [1.165, 1.54) is 19.5 Å². The zero-order chi connectivity index (χ0) is 14.0. The van der Waals surface area contributed by atoms with Crippen LogP contribution in [0, 0.1) is 0 Å². The summed E-state index contributed by atoms with van der Waals surface area (Å²) in [6, 6.07) is 0. The molecule has 3 N–H and O–H groups in total. The second-order valence-corrected chi connectivity index (χ2v) is 5.18. The number of anilines is 1. The Morgan fingerprint density at radius 1 is 1.26 bits per heavy atom. The minimum absolute atomic E-state index is 0.193. The van der Waals surface area contributed by atoms with Crippen molar-refractivity contribution in [3.63, 3.8) is 0 Å². The van der Waals surface area contributed by atoms with Crippen molar-refractivity contribution in [2.75, 3.05) is 12.4 Å². The van der Waals surface area contributed by atoms with Crippen LogP contribution in [-0.2, 0) is 5.41 Å². The zero-order valence-electron chi connectivity index (χ0n) is 11.4. The number of ether oxygens (including phenoxy) is 1. The molecule has 0 aromatic carbocycles. The molecule has 0 aliphatic carbocycles. The largest absolute Gasteiger partial charge is 0.491 e. The number of aromatic nitrogens is 4. The Hall–Kier alpha value is -2.31. The van der Waals surface area contributed by atoms with E-state index in [1.807, 2.05) is 20.8 Å². The van der Waals surface area contributed by atoms with E-state index in [0.29, 0.717) is 17.1 Å². The SMILES string of the molecule is COc1cn[nH]c1NC(=O)c1cn[nH]c1C(C)(C)C. The molecule has 19 heavy (non-hydrogen) atoms. The van der Waals surface area contributed by atoms with Crippen LogP contribution in [0.2, 0.25) is 0 Å². The number of nitrogens with zero attached hydrogens (tertiary/aromatic N) is 2. The van der Waals surface area contributed by atoms with Gasteiger partial charge in [0.15, 0.2) is 11.6 Å². The number of hydrogen-bond donors (Lipinski definition) is 3. The lowest BCUT2D eigenvalue weighted by Gasteiger charge is -2.17. The van der Waals surface area contributed by atoms with Crippen LogP contribution in [-0.4, -0.2) is 33.4 Å². The number of methoxy groups -OCH3 is 1. The Labute approximate surface area is 110 Å². The molecule has 0 fully saturated rings. The Bertz CT molecular complexity index is 579. The molecular weight excluding hydrogens is 246 g/mol. The van der Waals surface area contributed by atoms with Crippen molar-refractivity contribution in [2.24, 2.45) is 0 Å². The van der Waals surface area contributed by atoms with Gasteiger partial charge in [0, 0.05) is 5.41 Å². The third-order valence-corrected chi connectivity index (χ3v) is 2.70. The molecule has 0 spiro atoms. The molecule has 0 aliphatic rings. The molecular formula is C12H17N5O2. The van der Waals surface area contributed by atoms with Crippen molar-refractivity contribution in [2.45, 2.75) is 26.2 Å². The van der Waals surface area contributed by atoms with E-state index in [2.05, 4.69) is 25.7 Å². The van der Waals surface area contributed by atoms with Crippen LogP contribution in [0.3, 0.4) is 0 Å². The predicted octanol–water partition coefficient (Wildman–Crippen LogP) is 1.69. The van der Waals surface area contributed by atoms with Crippen molar-refractivity contribution in [1.82, 2.24) is 20.4 Å². The zero-order valence-corrected chi connectivity index (χ0v) is 11.4. The van der Waals surface area contributed by atoms with Gasteiger partial charge in [-0.25, -0.2) is 0 Å². The maximum Gasteiger partial charge on any atom is 0.260 e. The molecule has 0 aliphatic heterocycles. The number of rotatable bonds is 3. The molecule has 0 atom stereocenters. The Balaban J connectivity index is 2.24. The Morgan fingerprint density at radius 2 is 1.95 bits per heavy atom. The first-order valence-electron chi connectivity index (χ1n) is 5.86. The second kappa shape index (κ2) is 4.75. The standard InChI is InChI=1S/C12H17N5O2/c1-12(2,3)9-7(5-13-16-9)11(18)15-10-8(19-4)6-14-17-10/h5-6H,1-4H3,(H,13,16)(H2,14,15,17,18). The summed E-state index contributed by atoms with van der Waals surface area (Å²) in [6.45, 7) is 6.02. The predicted molar refractivity (Wildman–Crippen MR) is 70.4 cm³/mol. The summed E-state index contributed by atoms with van der Waals surface area (Å²) < 4.78 is 5.07. The first-order valence-corrected chi connectivity index (χ1v) is 5.86. The molecule has 0 radical (unpaired) electrons. The van der Waals surface area contributed by atoms with E-state index in [9.17, 15) is 4.79 Å². The summed E-state index contributed by atoms with van der Waals surface area (Å²) >= 11 is 0. The maximum absolute atomic E-state index is 12.2. The van der Waals surface area contributed by atoms with Gasteiger partial charge in [0.1, 0.15) is 0 Å². The van der Waals surface area contributed by atoms with E-state index in [0.717, 1.165) is 5.69 Å². The molecule has 0 saturated carbocycles. The van der Waals surface area contributed by atoms with Crippen LogP contribution < -0.4 is 10.1 Å². The number of aromatic amines is 2. The topological polar surface area (TPSA) is 95.7 Å². The number of H-pyrrole nitrogens is 2. The highest BCUT2D eigenvalue weighted by Gasteiger charge is 2.24. The Morgan fingerprint density at radius 3 is 2.58 bits per heavy atom. The third-order valence-electron chi connectivity index (χ3n) is 2.70. The Kier molecular flexibility index (Phi) is 3.28. The van der Waals surface area contributed by atoms with Gasteiger partial charge in [-0.05, 0) is 0 Å². The highest BCUT2D eigenvalue weighted by Crippen LogP contribution is 2.25. The first-order chi connectivity index (χ1) is 8.93. The fraction of sp³-hybridized carbons (Fsp3) is 0.417. The van der Waals surface area contributed by atoms with Crippen molar-refractivity contribution in [3.8, 4) is 5.75 Å². The van der Waals surface area contributed by atoms with Gasteiger partial charge in [-0.3, -0.25) is 15.0 Å². The average molecular weight is 263 g/mol. The number of carbonyl (C=O) groups is 1. The van der Waals surface area contributed by atoms with E-state index < -0.39 is 0 Å². The quantitative estimate of drug-likeness (QED) is 0.785. The summed E-state index contributed by atoms with van der Waals surface area (Å²) in [7, 11) is 1.51. The van der Waals surface area contributed by atoms with Crippen molar-refractivity contribution >= 4 is 11.7 Å². The molecule has 2 aromatic rings. The monoisotopic (exact) mass is 263 g/mol. The van der Waals surface area contributed by atoms with Gasteiger partial charge in [-0.2, -0.15) is 10.2 Å². The normalized spacial score (nSPS) is 11.4. The van der Waals surface area contributed by atoms with Crippen LogP contribution in [0.25, 0.3) is 0 Å². The lowest BCUT2D eigenvalue weighted by molar-refractivity contribution is 0.102. The fourth-order valence-corrected chi connectivity index (χ4v) is 1.73. The fourth-order valence-electron chi connectivity index (χ4n) is 1.73. The molecule has 1 amide bonds. The van der Waals surface area contributed by atoms with Crippen molar-refractivity contribution in [3.05, 3.63) is 23.7 Å². The van der Waals surface area contributed by atoms with E-state index >= 15 is 0 Å². The molecule has 2 rings (SSSR count). The van der Waals surface area contributed by atoms with E-state index in [1.54, 1.807) is 0 Å². The van der Waals surface area contributed by atoms with E-state index in [-0.39, 0.29) is 11.3 Å². The molecule has 102 valence electrons. The van der Waals surface area contributed by atoms with Crippen LogP contribution in [0.5, 0.6) is 5.75 Å². The number of carbonyl (C=O) groups excluding carboxylic acids is 1. The number of hydrogen-bond acceptors (Lipinski definition) is 4. The van der Waals surface area contributed by atoms with Crippen LogP contribution in [0.4, 0.5) is 5.82 Å². The molecule has 0 saturated heterocycles. The molecule has 0 unspecified atom stereocenters. The van der Waals surface area contributed by atoms with Gasteiger partial charge in [0.05, 0.1) is 30.8 Å². The van der Waals surface area contributed by atoms with E-state index in [4.69, 9.17) is 4.74 Å². The molecule has 7 heteroatoms. The third kappa shape index (κ3) is 2.59. The summed E-state index contributed by atoms with van der Waals surface area (Å²) in [4.78, 5) is 12.2. The lowest BCUT2D eigenvalue weighted by Crippen LogP contribution is -2.20. The van der Waals surface area contributed by atoms with Gasteiger partial charge < -0.3 is 10.1 Å². The summed E-state index contributed by atoms with van der Waals surface area (Å²) in [5.41, 5.74) is 1.09. The lowest BCUT2D eigenvalue weighted by atomic mass is 9.89. The molecule has 2 aromatic heterocycles. The number of nitrogens with one attached hydrogen (secondary N) is 3. The number of amides is 1. The highest BCUT2D eigenvalue weighted by atomic mass is 16.5. The second-order valence-electron chi connectivity index (χ2n) is 5.18. The van der Waals surface area contributed by atoms with Gasteiger partial charge in [-0.1, -0.05) is 20.8 Å². The minimum atomic E-state index is -0.263. The molecule has 7 nitrogen and oxygen atoms in total. The van der Waals surface area contributed by atoms with Crippen molar-refractivity contribution < 1.29 is 9.53 Å². The average Bonchev–Trinajstić information content (AvgIpc) is 2.95. The van der Waals surface area contributed by atoms with Gasteiger partial charge in [0.2, 0.25) is 0 Å². The van der Waals surface area contributed by atoms with Crippen LogP contribution >= 0.6 is 0 Å². The maximum atomic E-state index is 12.2. The van der Waals surface area contributed by atoms with Gasteiger partial charge in [0.25, 0.3) is 5.91 Å². The van der Waals surface area contributed by atoms with Crippen LogP contribution in [0.1, 0.15) is 36.8 Å². The smallest absolute Gasteiger partial charge is 0.260 e. The van der Waals surface area contributed by atoms with Crippen molar-refractivity contribution in [1.29, 1.82) is 0 Å². The summed E-state index contributed by atoms with van der Waals surface area (Å²) in [5.74, 6) is 0.643. The minimum Gasteiger partial charge on any atom is -0.491 e. The van der Waals surface area contributed by atoms with Gasteiger partial charge >= 0.3 is 0 Å². The summed E-state index contributed by atoms with van der Waals surface area (Å²) in [6.07, 6.45) is 3.01. The highest BCUT2D eigenvalue weighted by molar-refractivity contribution is 6.05. The first kappa shape index (κ1) is 13.1. The van der Waals surface area contributed by atoms with Gasteiger partial charge in [-0.15, -0.1) is 0 Å².